The number of benzene rings is 2. The Kier molecular flexibility index (Phi) is 4.51. The number of nitrogens with zero attached hydrogens (tertiary/aromatic N) is 1. The molecule has 0 aliphatic carbocycles. The van der Waals surface area contributed by atoms with Crippen LogP contribution in [-0.2, 0) is 6.42 Å². The van der Waals surface area contributed by atoms with Gasteiger partial charge in [-0.1, -0.05) is 36.4 Å². The van der Waals surface area contributed by atoms with Crippen molar-refractivity contribution in [3.63, 3.8) is 0 Å². The monoisotopic (exact) mass is 346 g/mol. The summed E-state index contributed by atoms with van der Waals surface area (Å²) in [5.74, 6) is 1.87. The van der Waals surface area contributed by atoms with Gasteiger partial charge >= 0.3 is 0 Å². The topological polar surface area (TPSA) is 60.5 Å². The predicted octanol–water partition coefficient (Wildman–Crippen LogP) is 3.61. The highest BCUT2D eigenvalue weighted by molar-refractivity contribution is 5.93. The van der Waals surface area contributed by atoms with E-state index < -0.39 is 0 Å². The lowest BCUT2D eigenvalue weighted by molar-refractivity contribution is 0.0933. The Morgan fingerprint density at radius 2 is 1.88 bits per heavy atom. The predicted molar refractivity (Wildman–Crippen MR) is 97.6 cm³/mol. The molecule has 1 aliphatic heterocycles. The van der Waals surface area contributed by atoms with Crippen LogP contribution in [0.15, 0.2) is 72.9 Å². The number of ether oxygens (including phenoxy) is 2. The second kappa shape index (κ2) is 7.27. The molecule has 1 aromatic heterocycles. The maximum atomic E-state index is 12.3. The van der Waals surface area contributed by atoms with Crippen LogP contribution in [0, 0.1) is 0 Å². The lowest BCUT2D eigenvalue weighted by Gasteiger charge is -2.12. The zero-order chi connectivity index (χ0) is 17.8. The van der Waals surface area contributed by atoms with E-state index in [1.165, 1.54) is 11.8 Å². The Morgan fingerprint density at radius 3 is 2.65 bits per heavy atom. The summed E-state index contributed by atoms with van der Waals surface area (Å²) in [6.45, 7) is 0.454. The molecule has 1 unspecified atom stereocenters. The van der Waals surface area contributed by atoms with Gasteiger partial charge in [-0.15, -0.1) is 0 Å². The number of amides is 1. The van der Waals surface area contributed by atoms with E-state index >= 15 is 0 Å². The van der Waals surface area contributed by atoms with Gasteiger partial charge in [0.2, 0.25) is 5.88 Å². The fourth-order valence-electron chi connectivity index (χ4n) is 2.86. The van der Waals surface area contributed by atoms with Crippen molar-refractivity contribution >= 4 is 5.91 Å². The zero-order valence-corrected chi connectivity index (χ0v) is 14.1. The van der Waals surface area contributed by atoms with Crippen molar-refractivity contribution in [2.75, 3.05) is 6.54 Å². The normalized spacial score (nSPS) is 15.0. The summed E-state index contributed by atoms with van der Waals surface area (Å²) in [7, 11) is 0. The molecule has 4 rings (SSSR count). The van der Waals surface area contributed by atoms with Crippen molar-refractivity contribution < 1.29 is 14.3 Å². The van der Waals surface area contributed by atoms with Gasteiger partial charge in [-0.05, 0) is 29.8 Å². The number of para-hydroxylation sites is 2. The van der Waals surface area contributed by atoms with Gasteiger partial charge in [0, 0.05) is 18.7 Å². The van der Waals surface area contributed by atoms with E-state index in [0.29, 0.717) is 23.7 Å². The largest absolute Gasteiger partial charge is 0.488 e. The van der Waals surface area contributed by atoms with Crippen LogP contribution in [0.25, 0.3) is 0 Å². The molecule has 0 bridgehead atoms. The smallest absolute Gasteiger partial charge is 0.252 e. The number of nitrogens with one attached hydrogen (secondary N) is 1. The minimum atomic E-state index is -0.177. The highest BCUT2D eigenvalue weighted by Crippen LogP contribution is 2.27. The lowest BCUT2D eigenvalue weighted by atomic mass is 10.1. The van der Waals surface area contributed by atoms with Gasteiger partial charge in [0.15, 0.2) is 0 Å². The summed E-state index contributed by atoms with van der Waals surface area (Å²) >= 11 is 0. The van der Waals surface area contributed by atoms with Crippen LogP contribution < -0.4 is 14.8 Å². The maximum Gasteiger partial charge on any atom is 0.252 e. The first-order valence-corrected chi connectivity index (χ1v) is 8.50. The molecule has 5 heteroatoms. The minimum absolute atomic E-state index is 0.0370. The minimum Gasteiger partial charge on any atom is -0.488 e. The molecular formula is C21H18N2O3. The number of fused-ring (bicyclic) bond motifs is 1. The van der Waals surface area contributed by atoms with E-state index in [-0.39, 0.29) is 12.0 Å². The Labute approximate surface area is 151 Å². The van der Waals surface area contributed by atoms with Crippen LogP contribution in [0.3, 0.4) is 0 Å². The van der Waals surface area contributed by atoms with Crippen LogP contribution >= 0.6 is 0 Å². The third kappa shape index (κ3) is 3.67. The van der Waals surface area contributed by atoms with E-state index in [2.05, 4.69) is 10.3 Å². The van der Waals surface area contributed by atoms with Gasteiger partial charge in [0.25, 0.3) is 5.91 Å². The number of pyridine rings is 1. The van der Waals surface area contributed by atoms with Crippen LogP contribution in [0.4, 0.5) is 0 Å². The summed E-state index contributed by atoms with van der Waals surface area (Å²) in [5.41, 5.74) is 1.66. The Bertz CT molecular complexity index is 870. The van der Waals surface area contributed by atoms with E-state index in [9.17, 15) is 4.79 Å². The summed E-state index contributed by atoms with van der Waals surface area (Å²) in [6.07, 6.45) is 2.28. The number of hydrogen-bond donors (Lipinski definition) is 1. The standard InChI is InChI=1S/C21H18N2O3/c24-21(23-14-18-12-15-6-4-5-9-19(15)25-18)16-10-11-20(22-13-16)26-17-7-2-1-3-8-17/h1-11,13,18H,12,14H2,(H,23,24). The molecule has 5 nitrogen and oxygen atoms in total. The van der Waals surface area contributed by atoms with Crippen LogP contribution in [-0.4, -0.2) is 23.5 Å². The van der Waals surface area contributed by atoms with Gasteiger partial charge in [0.05, 0.1) is 12.1 Å². The first-order valence-electron chi connectivity index (χ1n) is 8.50. The van der Waals surface area contributed by atoms with Crippen molar-refractivity contribution in [2.24, 2.45) is 0 Å². The molecule has 0 saturated heterocycles. The number of carbonyl (C=O) groups is 1. The van der Waals surface area contributed by atoms with Gasteiger partial charge in [-0.3, -0.25) is 4.79 Å². The number of carbonyl (C=O) groups excluding carboxylic acids is 1. The molecule has 2 aromatic carbocycles. The summed E-state index contributed by atoms with van der Waals surface area (Å²) < 4.78 is 11.5. The highest BCUT2D eigenvalue weighted by Gasteiger charge is 2.22. The van der Waals surface area contributed by atoms with Crippen molar-refractivity contribution in [2.45, 2.75) is 12.5 Å². The Morgan fingerprint density at radius 1 is 1.08 bits per heavy atom. The SMILES string of the molecule is O=C(NCC1Cc2ccccc2O1)c1ccc(Oc2ccccc2)nc1. The molecule has 0 radical (unpaired) electrons. The molecule has 1 amide bonds. The van der Waals surface area contributed by atoms with Crippen molar-refractivity contribution in [1.29, 1.82) is 0 Å². The van der Waals surface area contributed by atoms with Gasteiger partial charge < -0.3 is 14.8 Å². The fraction of sp³-hybridized carbons (Fsp3) is 0.143. The van der Waals surface area contributed by atoms with Gasteiger partial charge in [-0.25, -0.2) is 4.98 Å². The molecule has 0 spiro atoms. The maximum absolute atomic E-state index is 12.3. The fourth-order valence-corrected chi connectivity index (χ4v) is 2.86. The average molecular weight is 346 g/mol. The van der Waals surface area contributed by atoms with Crippen molar-refractivity contribution in [3.05, 3.63) is 84.1 Å². The van der Waals surface area contributed by atoms with E-state index in [4.69, 9.17) is 9.47 Å². The second-order valence-corrected chi connectivity index (χ2v) is 6.06. The molecule has 1 aliphatic rings. The molecular weight excluding hydrogens is 328 g/mol. The van der Waals surface area contributed by atoms with Crippen molar-refractivity contribution in [3.8, 4) is 17.4 Å². The number of aromatic nitrogens is 1. The Balaban J connectivity index is 1.31. The van der Waals surface area contributed by atoms with E-state index in [1.807, 2.05) is 54.6 Å². The molecule has 26 heavy (non-hydrogen) atoms. The molecule has 0 saturated carbocycles. The number of hydrogen-bond acceptors (Lipinski definition) is 4. The third-order valence-corrected chi connectivity index (χ3v) is 4.17. The summed E-state index contributed by atoms with van der Waals surface area (Å²) in [6, 6.07) is 20.7. The number of rotatable bonds is 5. The molecule has 2 heterocycles. The first kappa shape index (κ1) is 16.1. The lowest BCUT2D eigenvalue weighted by Crippen LogP contribution is -2.34. The first-order chi connectivity index (χ1) is 12.8. The average Bonchev–Trinajstić information content (AvgIpc) is 3.10. The Hall–Kier alpha value is -3.34. The summed E-state index contributed by atoms with van der Waals surface area (Å²) in [4.78, 5) is 16.5. The molecule has 0 fully saturated rings. The van der Waals surface area contributed by atoms with Gasteiger partial charge in [-0.2, -0.15) is 0 Å². The van der Waals surface area contributed by atoms with E-state index in [0.717, 1.165) is 12.2 Å². The second-order valence-electron chi connectivity index (χ2n) is 6.06. The molecule has 130 valence electrons. The zero-order valence-electron chi connectivity index (χ0n) is 14.1. The van der Waals surface area contributed by atoms with Crippen molar-refractivity contribution in [1.82, 2.24) is 10.3 Å². The third-order valence-electron chi connectivity index (χ3n) is 4.17. The van der Waals surface area contributed by atoms with E-state index in [1.54, 1.807) is 12.1 Å². The van der Waals surface area contributed by atoms with Crippen LogP contribution in [0.5, 0.6) is 17.4 Å². The molecule has 1 N–H and O–H groups in total. The molecule has 3 aromatic rings. The van der Waals surface area contributed by atoms with Crippen LogP contribution in [0.2, 0.25) is 0 Å². The van der Waals surface area contributed by atoms with Gasteiger partial charge in [0.1, 0.15) is 17.6 Å². The quantitative estimate of drug-likeness (QED) is 0.767. The summed E-state index contributed by atoms with van der Waals surface area (Å²) in [5, 5.41) is 2.90. The highest BCUT2D eigenvalue weighted by atomic mass is 16.5. The van der Waals surface area contributed by atoms with Crippen LogP contribution in [0.1, 0.15) is 15.9 Å². The molecule has 1 atom stereocenters.